The van der Waals surface area contributed by atoms with Crippen LogP contribution in [0, 0.1) is 0 Å². The van der Waals surface area contributed by atoms with E-state index in [0.717, 1.165) is 13.8 Å². The Kier molecular flexibility index (Phi) is 46.5. The molecule has 0 spiro atoms. The normalized spacial score (nSPS) is 5.09. The minimum absolute atomic E-state index is 0. The number of hydrogen-bond acceptors (Lipinski definition) is 6. The molecular weight excluding hydrogens is 199 g/mol. The van der Waals surface area contributed by atoms with Crippen molar-refractivity contribution >= 4 is 11.9 Å². The van der Waals surface area contributed by atoms with Crippen LogP contribution in [0.5, 0.6) is 0 Å². The van der Waals surface area contributed by atoms with Crippen molar-refractivity contribution in [2.75, 3.05) is 0 Å². The van der Waals surface area contributed by atoms with Gasteiger partial charge in [-0.3, -0.25) is 11.7 Å². The Morgan fingerprint density at radius 1 is 1.00 bits per heavy atom. The molecule has 0 atom stereocenters. The van der Waals surface area contributed by atoms with Gasteiger partial charge in [0, 0.05) is 11.9 Å². The SMILES string of the molecule is CC(=O)[O-].CC(=O)[O-].NN.[Ni+2]. The average molecular weight is 209 g/mol. The number of carbonyl (C=O) groups excluding carboxylic acids is 2. The van der Waals surface area contributed by atoms with Gasteiger partial charge in [-0.05, 0) is 13.8 Å². The molecule has 0 amide bonds. The van der Waals surface area contributed by atoms with E-state index in [9.17, 15) is 0 Å². The first-order valence-corrected chi connectivity index (χ1v) is 2.15. The van der Waals surface area contributed by atoms with Gasteiger partial charge in [-0.15, -0.1) is 0 Å². The third kappa shape index (κ3) is 1210. The Bertz CT molecular complexity index is 78.1. The summed E-state index contributed by atoms with van der Waals surface area (Å²) in [4.78, 5) is 17.8. The fourth-order valence-corrected chi connectivity index (χ4v) is 0. The second kappa shape index (κ2) is 22.8. The molecule has 0 aliphatic carbocycles. The quantitative estimate of drug-likeness (QED) is 0.240. The summed E-state index contributed by atoms with van der Waals surface area (Å²) in [5.74, 6) is 5.83. The van der Waals surface area contributed by atoms with Crippen molar-refractivity contribution in [3.8, 4) is 0 Å². The molecule has 0 aromatic rings. The van der Waals surface area contributed by atoms with Gasteiger partial charge in [-0.25, -0.2) is 0 Å². The van der Waals surface area contributed by atoms with Gasteiger partial charge in [0.1, 0.15) is 0 Å². The van der Waals surface area contributed by atoms with E-state index in [1.54, 1.807) is 0 Å². The van der Waals surface area contributed by atoms with E-state index in [1.807, 2.05) is 0 Å². The van der Waals surface area contributed by atoms with Crippen LogP contribution in [0.1, 0.15) is 13.8 Å². The number of carboxylic acid groups (broad SMARTS) is 2. The van der Waals surface area contributed by atoms with Crippen LogP contribution in [-0.4, -0.2) is 11.9 Å². The summed E-state index contributed by atoms with van der Waals surface area (Å²) in [5.41, 5.74) is 0. The van der Waals surface area contributed by atoms with Crippen LogP contribution in [0.2, 0.25) is 0 Å². The minimum Gasteiger partial charge on any atom is -0.550 e. The summed E-state index contributed by atoms with van der Waals surface area (Å²) >= 11 is 0. The second-order valence-electron chi connectivity index (χ2n) is 0.983. The average Bonchev–Trinajstić information content (AvgIpc) is 1.66. The molecule has 0 fully saturated rings. The molecule has 0 saturated heterocycles. The summed E-state index contributed by atoms with van der Waals surface area (Å²) in [6.45, 7) is 1.94. The monoisotopic (exact) mass is 208 g/mol. The van der Waals surface area contributed by atoms with Crippen molar-refractivity contribution < 1.29 is 36.3 Å². The Morgan fingerprint density at radius 3 is 1.00 bits per heavy atom. The summed E-state index contributed by atoms with van der Waals surface area (Å²) < 4.78 is 0. The summed E-state index contributed by atoms with van der Waals surface area (Å²) in [7, 11) is 0. The van der Waals surface area contributed by atoms with Crippen LogP contribution < -0.4 is 21.9 Å². The molecule has 0 aliphatic rings. The summed E-state index contributed by atoms with van der Waals surface area (Å²) in [5, 5.41) is 17.8. The van der Waals surface area contributed by atoms with Crippen molar-refractivity contribution in [1.82, 2.24) is 0 Å². The molecule has 0 unspecified atom stereocenters. The predicted octanol–water partition coefficient (Wildman–Crippen LogP) is -3.67. The van der Waals surface area contributed by atoms with Crippen molar-refractivity contribution in [1.29, 1.82) is 0 Å². The number of carboxylic acids is 2. The molecule has 7 heteroatoms. The zero-order chi connectivity index (χ0) is 9.15. The molecule has 4 N–H and O–H groups in total. The molecular formula is C4H10N2NiO4. The van der Waals surface area contributed by atoms with E-state index < -0.39 is 11.9 Å². The Morgan fingerprint density at radius 2 is 1.00 bits per heavy atom. The Labute approximate surface area is 74.5 Å². The van der Waals surface area contributed by atoms with Gasteiger partial charge in [-0.2, -0.15) is 0 Å². The van der Waals surface area contributed by atoms with E-state index >= 15 is 0 Å². The molecule has 0 saturated carbocycles. The zero-order valence-corrected chi connectivity index (χ0v) is 7.09. The van der Waals surface area contributed by atoms with Gasteiger partial charge in [-0.1, -0.05) is 0 Å². The number of aliphatic carboxylic acids is 2. The van der Waals surface area contributed by atoms with E-state index in [1.165, 1.54) is 0 Å². The van der Waals surface area contributed by atoms with Crippen molar-refractivity contribution in [3.63, 3.8) is 0 Å². The predicted molar refractivity (Wildman–Crippen MR) is 29.7 cm³/mol. The van der Waals surface area contributed by atoms with Gasteiger partial charge in [0.15, 0.2) is 0 Å². The molecule has 0 aromatic heterocycles. The van der Waals surface area contributed by atoms with E-state index in [0.29, 0.717) is 0 Å². The third-order valence-corrected chi connectivity index (χ3v) is 0. The van der Waals surface area contributed by atoms with Gasteiger partial charge in [0.05, 0.1) is 0 Å². The topological polar surface area (TPSA) is 132 Å². The van der Waals surface area contributed by atoms with Crippen LogP contribution in [0.25, 0.3) is 0 Å². The van der Waals surface area contributed by atoms with Crippen molar-refractivity contribution in [3.05, 3.63) is 0 Å². The third-order valence-electron chi connectivity index (χ3n) is 0. The molecule has 0 bridgehead atoms. The summed E-state index contributed by atoms with van der Waals surface area (Å²) in [6.07, 6.45) is 0. The van der Waals surface area contributed by atoms with Gasteiger partial charge < -0.3 is 19.8 Å². The fourth-order valence-electron chi connectivity index (χ4n) is 0. The zero-order valence-electron chi connectivity index (χ0n) is 6.10. The number of hydrogen-bond donors (Lipinski definition) is 2. The first-order chi connectivity index (χ1) is 4.46. The van der Waals surface area contributed by atoms with Gasteiger partial charge in [0.2, 0.25) is 0 Å². The van der Waals surface area contributed by atoms with E-state index in [-0.39, 0.29) is 16.5 Å². The van der Waals surface area contributed by atoms with Crippen LogP contribution in [0.3, 0.4) is 0 Å². The first-order valence-electron chi connectivity index (χ1n) is 2.15. The van der Waals surface area contributed by atoms with Crippen molar-refractivity contribution in [2.24, 2.45) is 11.7 Å². The smallest absolute Gasteiger partial charge is 0.550 e. The van der Waals surface area contributed by atoms with Gasteiger partial charge >= 0.3 is 16.5 Å². The molecule has 0 aliphatic heterocycles. The number of hydrazine groups is 1. The summed E-state index contributed by atoms with van der Waals surface area (Å²) in [6, 6.07) is 0. The number of nitrogens with two attached hydrogens (primary N) is 2. The Hall–Kier alpha value is -0.646. The van der Waals surface area contributed by atoms with Crippen LogP contribution in [-0.2, 0) is 26.1 Å². The molecule has 0 radical (unpaired) electrons. The molecule has 6 nitrogen and oxygen atoms in total. The molecule has 11 heavy (non-hydrogen) atoms. The molecule has 0 aromatic carbocycles. The fraction of sp³-hybridized carbons (Fsp3) is 0.500. The molecule has 70 valence electrons. The van der Waals surface area contributed by atoms with E-state index in [2.05, 4.69) is 11.7 Å². The number of carbonyl (C=O) groups is 2. The maximum atomic E-state index is 8.89. The number of rotatable bonds is 0. The van der Waals surface area contributed by atoms with Crippen LogP contribution in [0.4, 0.5) is 0 Å². The van der Waals surface area contributed by atoms with E-state index in [4.69, 9.17) is 19.8 Å². The molecule has 0 rings (SSSR count). The second-order valence-corrected chi connectivity index (χ2v) is 0.983. The first kappa shape index (κ1) is 22.4. The van der Waals surface area contributed by atoms with Crippen LogP contribution >= 0.6 is 0 Å². The molecule has 0 heterocycles. The van der Waals surface area contributed by atoms with Crippen molar-refractivity contribution in [2.45, 2.75) is 13.8 Å². The van der Waals surface area contributed by atoms with Gasteiger partial charge in [0.25, 0.3) is 0 Å². The Balaban J connectivity index is -0.0000000339. The minimum atomic E-state index is -1.08. The standard InChI is InChI=1S/2C2H4O2.H4N2.Ni/c2*1-2(3)4;1-2;/h2*1H3,(H,3,4);1-2H2;/q;;;+2/p-2. The largest absolute Gasteiger partial charge is 2.00 e. The maximum Gasteiger partial charge on any atom is 2.00 e. The maximum absolute atomic E-state index is 8.89. The van der Waals surface area contributed by atoms with Crippen LogP contribution in [0.15, 0.2) is 0 Å².